The van der Waals surface area contributed by atoms with Gasteiger partial charge in [-0.05, 0) is 44.7 Å². The minimum Gasteiger partial charge on any atom is -0.303 e. The van der Waals surface area contributed by atoms with E-state index in [0.717, 1.165) is 41.6 Å². The van der Waals surface area contributed by atoms with Crippen LogP contribution in [0.1, 0.15) is 44.0 Å². The SMILES string of the molecule is CCCCc1nccnc1C(=S)C1CN2CCC1CC2. The zero-order valence-electron chi connectivity index (χ0n) is 12.2. The second kappa shape index (κ2) is 6.27. The van der Waals surface area contributed by atoms with Crippen LogP contribution in [-0.4, -0.2) is 39.4 Å². The van der Waals surface area contributed by atoms with Gasteiger partial charge in [0.05, 0.1) is 11.4 Å². The maximum atomic E-state index is 5.81. The van der Waals surface area contributed by atoms with Gasteiger partial charge in [0, 0.05) is 29.7 Å². The molecule has 0 N–H and O–H groups in total. The Morgan fingerprint density at radius 1 is 1.30 bits per heavy atom. The van der Waals surface area contributed by atoms with Gasteiger partial charge in [0.15, 0.2) is 0 Å². The first kappa shape index (κ1) is 14.1. The highest BCUT2D eigenvalue weighted by Gasteiger charge is 2.37. The van der Waals surface area contributed by atoms with Crippen molar-refractivity contribution in [1.29, 1.82) is 0 Å². The molecule has 3 saturated heterocycles. The number of piperidine rings is 3. The lowest BCUT2D eigenvalue weighted by Crippen LogP contribution is -2.50. The highest BCUT2D eigenvalue weighted by Crippen LogP contribution is 2.34. The predicted molar refractivity (Wildman–Crippen MR) is 85.0 cm³/mol. The van der Waals surface area contributed by atoms with Crippen LogP contribution in [0.3, 0.4) is 0 Å². The molecule has 4 heteroatoms. The van der Waals surface area contributed by atoms with Crippen LogP contribution < -0.4 is 0 Å². The fourth-order valence-corrected chi connectivity index (χ4v) is 3.98. The number of thiocarbonyl (C=S) groups is 1. The van der Waals surface area contributed by atoms with Crippen molar-refractivity contribution >= 4 is 17.1 Å². The van der Waals surface area contributed by atoms with E-state index in [1.807, 2.05) is 0 Å². The topological polar surface area (TPSA) is 29.0 Å². The number of unbranched alkanes of at least 4 members (excludes halogenated alkanes) is 1. The van der Waals surface area contributed by atoms with E-state index in [-0.39, 0.29) is 0 Å². The lowest BCUT2D eigenvalue weighted by atomic mass is 9.76. The molecule has 108 valence electrons. The van der Waals surface area contributed by atoms with Gasteiger partial charge in [-0.25, -0.2) is 0 Å². The average Bonchev–Trinajstić information content (AvgIpc) is 2.53. The van der Waals surface area contributed by atoms with E-state index < -0.39 is 0 Å². The molecule has 2 bridgehead atoms. The molecule has 4 heterocycles. The van der Waals surface area contributed by atoms with Crippen molar-refractivity contribution in [3.05, 3.63) is 23.8 Å². The predicted octanol–water partition coefficient (Wildman–Crippen LogP) is 2.88. The number of aromatic nitrogens is 2. The molecule has 0 amide bonds. The molecule has 0 radical (unpaired) electrons. The van der Waals surface area contributed by atoms with Crippen molar-refractivity contribution in [3.8, 4) is 0 Å². The molecule has 0 aromatic carbocycles. The fraction of sp³-hybridized carbons (Fsp3) is 0.688. The fourth-order valence-electron chi connectivity index (χ4n) is 3.54. The van der Waals surface area contributed by atoms with Gasteiger partial charge < -0.3 is 4.90 Å². The summed E-state index contributed by atoms with van der Waals surface area (Å²) in [6.07, 6.45) is 9.54. The van der Waals surface area contributed by atoms with Gasteiger partial charge in [-0.2, -0.15) is 0 Å². The highest BCUT2D eigenvalue weighted by atomic mass is 32.1. The van der Waals surface area contributed by atoms with E-state index in [4.69, 9.17) is 12.2 Å². The summed E-state index contributed by atoms with van der Waals surface area (Å²) >= 11 is 5.81. The first-order chi connectivity index (χ1) is 9.79. The van der Waals surface area contributed by atoms with E-state index in [0.29, 0.717) is 5.92 Å². The third kappa shape index (κ3) is 2.77. The summed E-state index contributed by atoms with van der Waals surface area (Å²) in [5.41, 5.74) is 2.12. The van der Waals surface area contributed by atoms with Crippen LogP contribution in [0.25, 0.3) is 0 Å². The van der Waals surface area contributed by atoms with Crippen molar-refractivity contribution in [3.63, 3.8) is 0 Å². The van der Waals surface area contributed by atoms with Crippen LogP contribution in [0.4, 0.5) is 0 Å². The lowest BCUT2D eigenvalue weighted by Gasteiger charge is -2.45. The number of rotatable bonds is 5. The van der Waals surface area contributed by atoms with Crippen LogP contribution in [-0.2, 0) is 6.42 Å². The van der Waals surface area contributed by atoms with E-state index >= 15 is 0 Å². The zero-order valence-corrected chi connectivity index (χ0v) is 13.0. The molecule has 20 heavy (non-hydrogen) atoms. The standard InChI is InChI=1S/C16H23N3S/c1-2-3-4-14-15(18-8-7-17-14)16(20)13-11-19-9-5-12(13)6-10-19/h7-8,12-13H,2-6,9-11H2,1H3. The summed E-state index contributed by atoms with van der Waals surface area (Å²) in [6.45, 7) is 5.86. The minimum absolute atomic E-state index is 0.518. The summed E-state index contributed by atoms with van der Waals surface area (Å²) < 4.78 is 0. The van der Waals surface area contributed by atoms with Crippen molar-refractivity contribution < 1.29 is 0 Å². The van der Waals surface area contributed by atoms with Crippen molar-refractivity contribution in [2.24, 2.45) is 11.8 Å². The van der Waals surface area contributed by atoms with Gasteiger partial charge in [-0.15, -0.1) is 0 Å². The van der Waals surface area contributed by atoms with Gasteiger partial charge in [0.2, 0.25) is 0 Å². The highest BCUT2D eigenvalue weighted by molar-refractivity contribution is 7.80. The van der Waals surface area contributed by atoms with Gasteiger partial charge >= 0.3 is 0 Å². The van der Waals surface area contributed by atoms with Crippen molar-refractivity contribution in [2.45, 2.75) is 39.0 Å². The van der Waals surface area contributed by atoms with E-state index in [1.165, 1.54) is 32.4 Å². The minimum atomic E-state index is 0.518. The molecule has 1 aromatic rings. The van der Waals surface area contributed by atoms with E-state index in [9.17, 15) is 0 Å². The summed E-state index contributed by atoms with van der Waals surface area (Å²) in [4.78, 5) is 12.7. The Morgan fingerprint density at radius 2 is 2.05 bits per heavy atom. The Hall–Kier alpha value is -0.870. The largest absolute Gasteiger partial charge is 0.303 e. The van der Waals surface area contributed by atoms with E-state index in [1.54, 1.807) is 12.4 Å². The molecule has 3 fully saturated rings. The Bertz CT molecular complexity index is 480. The molecule has 1 unspecified atom stereocenters. The van der Waals surface area contributed by atoms with Gasteiger partial charge in [-0.3, -0.25) is 9.97 Å². The lowest BCUT2D eigenvalue weighted by molar-refractivity contribution is 0.0832. The molecule has 0 aliphatic carbocycles. The van der Waals surface area contributed by atoms with Crippen LogP contribution in [0.2, 0.25) is 0 Å². The molecular weight excluding hydrogens is 266 g/mol. The normalized spacial score (nSPS) is 28.6. The number of hydrogen-bond acceptors (Lipinski definition) is 4. The molecular formula is C16H23N3S. The quantitative estimate of drug-likeness (QED) is 0.616. The summed E-state index contributed by atoms with van der Waals surface area (Å²) in [6, 6.07) is 0. The third-order valence-corrected chi connectivity index (χ3v) is 5.26. The first-order valence-corrected chi connectivity index (χ1v) is 8.27. The summed E-state index contributed by atoms with van der Waals surface area (Å²) in [5.74, 6) is 1.29. The first-order valence-electron chi connectivity index (χ1n) is 7.86. The second-order valence-corrected chi connectivity index (χ2v) is 6.50. The second-order valence-electron chi connectivity index (χ2n) is 6.06. The Morgan fingerprint density at radius 3 is 2.70 bits per heavy atom. The number of hydrogen-bond donors (Lipinski definition) is 0. The maximum absolute atomic E-state index is 5.81. The molecule has 4 rings (SSSR count). The number of nitrogens with zero attached hydrogens (tertiary/aromatic N) is 3. The maximum Gasteiger partial charge on any atom is 0.0987 e. The van der Waals surface area contributed by atoms with Crippen molar-refractivity contribution in [2.75, 3.05) is 19.6 Å². The number of fused-ring (bicyclic) bond motifs is 3. The Kier molecular flexibility index (Phi) is 4.41. The van der Waals surface area contributed by atoms with Crippen LogP contribution in [0, 0.1) is 11.8 Å². The summed E-state index contributed by atoms with van der Waals surface area (Å²) in [5, 5.41) is 0. The Balaban J connectivity index is 1.80. The van der Waals surface area contributed by atoms with Gasteiger partial charge in [0.25, 0.3) is 0 Å². The van der Waals surface area contributed by atoms with Crippen LogP contribution in [0.5, 0.6) is 0 Å². The van der Waals surface area contributed by atoms with Crippen molar-refractivity contribution in [1.82, 2.24) is 14.9 Å². The summed E-state index contributed by atoms with van der Waals surface area (Å²) in [7, 11) is 0. The van der Waals surface area contributed by atoms with E-state index in [2.05, 4.69) is 21.8 Å². The smallest absolute Gasteiger partial charge is 0.0987 e. The molecule has 1 aromatic heterocycles. The average molecular weight is 289 g/mol. The van der Waals surface area contributed by atoms with Gasteiger partial charge in [0.1, 0.15) is 0 Å². The molecule has 0 saturated carbocycles. The van der Waals surface area contributed by atoms with Gasteiger partial charge in [-0.1, -0.05) is 25.6 Å². The molecule has 3 aliphatic rings. The molecule has 3 aliphatic heterocycles. The Labute approximate surface area is 126 Å². The number of aryl methyl sites for hydroxylation is 1. The molecule has 0 spiro atoms. The monoisotopic (exact) mass is 289 g/mol. The zero-order chi connectivity index (χ0) is 13.9. The van der Waals surface area contributed by atoms with Crippen LogP contribution >= 0.6 is 12.2 Å². The molecule has 1 atom stereocenters. The molecule has 3 nitrogen and oxygen atoms in total. The van der Waals surface area contributed by atoms with Crippen LogP contribution in [0.15, 0.2) is 12.4 Å². The third-order valence-electron chi connectivity index (χ3n) is 4.77.